The van der Waals surface area contributed by atoms with E-state index in [4.69, 9.17) is 13.5 Å². The quantitative estimate of drug-likeness (QED) is 0.310. The van der Waals surface area contributed by atoms with Crippen LogP contribution in [0.25, 0.3) is 21.9 Å². The second-order valence-electron chi connectivity index (χ2n) is 6.56. The largest absolute Gasteiger partial charge is 0.472 e. The molecular weight excluding hydrogens is 398 g/mol. The van der Waals surface area contributed by atoms with E-state index in [9.17, 15) is 0 Å². The van der Waals surface area contributed by atoms with Crippen LogP contribution in [0.3, 0.4) is 0 Å². The van der Waals surface area contributed by atoms with Gasteiger partial charge in [0.25, 0.3) is 0 Å². The Balaban J connectivity index is 1.40. The minimum absolute atomic E-state index is 0.267. The molecule has 0 saturated carbocycles. The molecule has 2 unspecified atom stereocenters. The van der Waals surface area contributed by atoms with Crippen LogP contribution in [-0.4, -0.2) is 0 Å². The predicted molar refractivity (Wildman–Crippen MR) is 124 cm³/mol. The van der Waals surface area contributed by atoms with Crippen molar-refractivity contribution in [2.24, 2.45) is 0 Å². The fourth-order valence-corrected chi connectivity index (χ4v) is 4.49. The van der Waals surface area contributed by atoms with Crippen molar-refractivity contribution in [2.75, 3.05) is 0 Å². The molecule has 0 aliphatic rings. The normalized spacial score (nSPS) is 11.9. The predicted octanol–water partition coefficient (Wildman–Crippen LogP) is 6.18. The maximum atomic E-state index is 6.01. The third-order valence-corrected chi connectivity index (χ3v) is 6.35. The van der Waals surface area contributed by atoms with Gasteiger partial charge in [-0.05, 0) is 36.4 Å². The molecule has 0 N–H and O–H groups in total. The van der Waals surface area contributed by atoms with Crippen molar-refractivity contribution in [3.05, 3.63) is 97.1 Å². The molecule has 0 aliphatic heterocycles. The number of rotatable bonds is 6. The number of hydrogen-bond donors (Lipinski definition) is 0. The van der Waals surface area contributed by atoms with Crippen LogP contribution in [0, 0.1) is 0 Å². The van der Waals surface area contributed by atoms with Gasteiger partial charge in [-0.1, -0.05) is 60.7 Å². The van der Waals surface area contributed by atoms with Crippen LogP contribution in [0.4, 0.5) is 0 Å². The van der Waals surface area contributed by atoms with E-state index in [1.807, 2.05) is 72.8 Å². The lowest BCUT2D eigenvalue weighted by Gasteiger charge is -2.06. The zero-order chi connectivity index (χ0) is 19.5. The molecule has 2 atom stereocenters. The lowest BCUT2D eigenvalue weighted by molar-refractivity contribution is 0.634. The molecule has 142 valence electrons. The number of furan rings is 1. The Morgan fingerprint density at radius 1 is 0.517 bits per heavy atom. The minimum atomic E-state index is 0.267. The molecule has 0 amide bonds. The van der Waals surface area contributed by atoms with E-state index in [0.717, 1.165) is 33.4 Å². The van der Waals surface area contributed by atoms with Gasteiger partial charge in [0.15, 0.2) is 0 Å². The highest BCUT2D eigenvalue weighted by atomic mass is 31.1. The molecule has 3 nitrogen and oxygen atoms in total. The first kappa shape index (κ1) is 18.2. The van der Waals surface area contributed by atoms with Crippen molar-refractivity contribution in [1.29, 1.82) is 0 Å². The number of benzene rings is 4. The van der Waals surface area contributed by atoms with Crippen LogP contribution < -0.4 is 19.7 Å². The molecule has 5 rings (SSSR count). The first-order valence-electron chi connectivity index (χ1n) is 9.27. The highest BCUT2D eigenvalue weighted by molar-refractivity contribution is 7.42. The molecule has 0 fully saturated rings. The van der Waals surface area contributed by atoms with Gasteiger partial charge in [0.05, 0.1) is 0 Å². The summed E-state index contributed by atoms with van der Waals surface area (Å²) in [6, 6.07) is 32.3. The van der Waals surface area contributed by atoms with E-state index in [0.29, 0.717) is 0 Å². The second-order valence-corrected chi connectivity index (χ2v) is 8.53. The van der Waals surface area contributed by atoms with Gasteiger partial charge in [0.2, 0.25) is 0 Å². The summed E-state index contributed by atoms with van der Waals surface area (Å²) in [5.74, 6) is 1.67. The zero-order valence-corrected chi connectivity index (χ0v) is 17.5. The monoisotopic (exact) mass is 416 g/mol. The molecule has 0 spiro atoms. The Labute approximate surface area is 172 Å². The molecule has 0 saturated heterocycles. The summed E-state index contributed by atoms with van der Waals surface area (Å²) in [7, 11) is 0.534. The van der Waals surface area contributed by atoms with Crippen molar-refractivity contribution in [3.63, 3.8) is 0 Å². The van der Waals surface area contributed by atoms with Gasteiger partial charge >= 0.3 is 0 Å². The van der Waals surface area contributed by atoms with Crippen LogP contribution in [0.2, 0.25) is 0 Å². The standard InChI is InChI=1S/C24H18O3P2/c1-3-7-19(8-4-1)28-26-17-11-13-23-21(15-17)22-16-18(12-14-24(22)25-23)27-29-20-9-5-2-6-10-20/h1-16,28-29H. The van der Waals surface area contributed by atoms with E-state index in [2.05, 4.69) is 24.3 Å². The van der Waals surface area contributed by atoms with Crippen LogP contribution in [0.1, 0.15) is 0 Å². The minimum Gasteiger partial charge on any atom is -0.472 e. The van der Waals surface area contributed by atoms with Crippen LogP contribution in [-0.2, 0) is 0 Å². The van der Waals surface area contributed by atoms with Gasteiger partial charge in [0, 0.05) is 21.4 Å². The van der Waals surface area contributed by atoms with Crippen molar-refractivity contribution in [3.8, 4) is 11.5 Å². The number of hydrogen-bond acceptors (Lipinski definition) is 3. The highest BCUT2D eigenvalue weighted by Gasteiger charge is 2.10. The number of fused-ring (bicyclic) bond motifs is 3. The third kappa shape index (κ3) is 4.12. The van der Waals surface area contributed by atoms with E-state index >= 15 is 0 Å². The summed E-state index contributed by atoms with van der Waals surface area (Å²) < 4.78 is 18.0. The van der Waals surface area contributed by atoms with Gasteiger partial charge in [-0.25, -0.2) is 0 Å². The van der Waals surface area contributed by atoms with E-state index in [-0.39, 0.29) is 17.6 Å². The lowest BCUT2D eigenvalue weighted by Crippen LogP contribution is -1.94. The molecular formula is C24H18O3P2. The van der Waals surface area contributed by atoms with Crippen LogP contribution in [0.15, 0.2) is 101 Å². The maximum absolute atomic E-state index is 6.01. The van der Waals surface area contributed by atoms with Crippen molar-refractivity contribution >= 4 is 50.2 Å². The second kappa shape index (κ2) is 8.25. The van der Waals surface area contributed by atoms with Gasteiger partial charge in [-0.2, -0.15) is 0 Å². The summed E-state index contributed by atoms with van der Waals surface area (Å²) in [5, 5.41) is 4.40. The summed E-state index contributed by atoms with van der Waals surface area (Å²) in [6.45, 7) is 0. The lowest BCUT2D eigenvalue weighted by atomic mass is 10.1. The topological polar surface area (TPSA) is 31.6 Å². The van der Waals surface area contributed by atoms with Gasteiger partial charge in [0.1, 0.15) is 40.3 Å². The molecule has 4 aromatic carbocycles. The molecule has 0 bridgehead atoms. The Hall–Kier alpha value is -2.86. The van der Waals surface area contributed by atoms with Gasteiger partial charge in [-0.3, -0.25) is 0 Å². The van der Waals surface area contributed by atoms with Crippen LogP contribution >= 0.6 is 17.6 Å². The van der Waals surface area contributed by atoms with Gasteiger partial charge in [-0.15, -0.1) is 0 Å². The SMILES string of the molecule is c1ccc(POc2ccc3oc4ccc(OPc5ccccc5)cc4c3c2)cc1. The summed E-state index contributed by atoms with van der Waals surface area (Å²) in [5.41, 5.74) is 1.69. The fourth-order valence-electron chi connectivity index (χ4n) is 3.11. The van der Waals surface area contributed by atoms with E-state index in [1.165, 1.54) is 10.6 Å². The van der Waals surface area contributed by atoms with Crippen molar-refractivity contribution in [2.45, 2.75) is 0 Å². The Morgan fingerprint density at radius 3 is 1.41 bits per heavy atom. The smallest absolute Gasteiger partial charge is 0.135 e. The zero-order valence-electron chi connectivity index (χ0n) is 15.5. The molecule has 5 aromatic rings. The van der Waals surface area contributed by atoms with Gasteiger partial charge < -0.3 is 13.5 Å². The molecule has 1 aromatic heterocycles. The molecule has 0 radical (unpaired) electrons. The highest BCUT2D eigenvalue weighted by Crippen LogP contribution is 2.35. The first-order valence-corrected chi connectivity index (χ1v) is 11.1. The average molecular weight is 416 g/mol. The molecule has 5 heteroatoms. The molecule has 0 aliphatic carbocycles. The van der Waals surface area contributed by atoms with Crippen molar-refractivity contribution in [1.82, 2.24) is 0 Å². The van der Waals surface area contributed by atoms with Crippen molar-refractivity contribution < 1.29 is 13.5 Å². The molecule has 1 heterocycles. The summed E-state index contributed by atoms with van der Waals surface area (Å²) >= 11 is 0. The van der Waals surface area contributed by atoms with E-state index < -0.39 is 0 Å². The summed E-state index contributed by atoms with van der Waals surface area (Å²) in [6.07, 6.45) is 0. The summed E-state index contributed by atoms with van der Waals surface area (Å²) in [4.78, 5) is 0. The van der Waals surface area contributed by atoms with Crippen LogP contribution in [0.5, 0.6) is 11.5 Å². The average Bonchev–Trinajstić information content (AvgIpc) is 3.15. The Kier molecular flexibility index (Phi) is 5.17. The molecule has 29 heavy (non-hydrogen) atoms. The fraction of sp³-hybridized carbons (Fsp3) is 0. The Morgan fingerprint density at radius 2 is 0.966 bits per heavy atom. The first-order chi connectivity index (χ1) is 14.3. The third-order valence-electron chi connectivity index (χ3n) is 4.53. The van der Waals surface area contributed by atoms with E-state index in [1.54, 1.807) is 0 Å². The maximum Gasteiger partial charge on any atom is 0.135 e. The Bertz CT molecular complexity index is 1150.